The van der Waals surface area contributed by atoms with Crippen LogP contribution in [0.5, 0.6) is 0 Å². The number of rotatable bonds is 8. The summed E-state index contributed by atoms with van der Waals surface area (Å²) in [7, 11) is 0. The maximum atomic E-state index is 13.0. The van der Waals surface area contributed by atoms with Crippen molar-refractivity contribution in [3.05, 3.63) is 66.2 Å². The van der Waals surface area contributed by atoms with Crippen LogP contribution in [0.2, 0.25) is 0 Å². The Morgan fingerprint density at radius 3 is 2.31 bits per heavy atom. The zero-order valence-electron chi connectivity index (χ0n) is 18.2. The molecule has 0 unspecified atom stereocenters. The highest BCUT2D eigenvalue weighted by molar-refractivity contribution is 6.09. The number of hydrogen-bond acceptors (Lipinski definition) is 4. The van der Waals surface area contributed by atoms with Crippen molar-refractivity contribution >= 4 is 23.5 Å². The first-order valence-electron chi connectivity index (χ1n) is 11.3. The van der Waals surface area contributed by atoms with Gasteiger partial charge < -0.3 is 16.0 Å². The molecule has 1 saturated carbocycles. The fourth-order valence-corrected chi connectivity index (χ4v) is 4.60. The zero-order valence-corrected chi connectivity index (χ0v) is 18.2. The third-order valence-corrected chi connectivity index (χ3v) is 6.27. The highest BCUT2D eigenvalue weighted by atomic mass is 16.2. The molecule has 1 saturated heterocycles. The molecular weight excluding hydrogens is 404 g/mol. The number of anilines is 1. The minimum atomic E-state index is -0.812. The second-order valence-corrected chi connectivity index (χ2v) is 8.67. The number of carbonyl (C=O) groups is 3. The number of carbonyl (C=O) groups excluding carboxylic acids is 3. The van der Waals surface area contributed by atoms with Gasteiger partial charge in [-0.25, -0.2) is 4.79 Å². The summed E-state index contributed by atoms with van der Waals surface area (Å²) >= 11 is 0. The number of nitrogens with one attached hydrogen (secondary N) is 3. The summed E-state index contributed by atoms with van der Waals surface area (Å²) in [6, 6.07) is 19.1. The zero-order chi connectivity index (χ0) is 22.4. The second kappa shape index (κ2) is 9.85. The molecule has 1 spiro atoms. The molecule has 1 heterocycles. The Hall–Kier alpha value is -3.35. The van der Waals surface area contributed by atoms with Crippen LogP contribution in [0.4, 0.5) is 10.5 Å². The van der Waals surface area contributed by atoms with Crippen LogP contribution >= 0.6 is 0 Å². The monoisotopic (exact) mass is 434 g/mol. The van der Waals surface area contributed by atoms with E-state index in [-0.39, 0.29) is 24.4 Å². The van der Waals surface area contributed by atoms with Crippen molar-refractivity contribution in [3.8, 4) is 0 Å². The number of nitrogens with zero attached hydrogens (tertiary/aromatic N) is 1. The highest BCUT2D eigenvalue weighted by Gasteiger charge is 2.51. The van der Waals surface area contributed by atoms with E-state index < -0.39 is 11.6 Å². The molecule has 3 N–H and O–H groups in total. The predicted molar refractivity (Wildman–Crippen MR) is 123 cm³/mol. The lowest BCUT2D eigenvalue weighted by Gasteiger charge is -2.30. The van der Waals surface area contributed by atoms with E-state index in [2.05, 4.69) is 16.0 Å². The number of amides is 4. The van der Waals surface area contributed by atoms with Crippen molar-refractivity contribution in [2.75, 3.05) is 18.4 Å². The molecule has 4 rings (SSSR count). The smallest absolute Gasteiger partial charge is 0.325 e. The van der Waals surface area contributed by atoms with Gasteiger partial charge in [0, 0.05) is 12.2 Å². The van der Waals surface area contributed by atoms with Gasteiger partial charge in [-0.05, 0) is 37.0 Å². The van der Waals surface area contributed by atoms with E-state index in [0.717, 1.165) is 35.4 Å². The largest absolute Gasteiger partial charge is 0.383 e. The Labute approximate surface area is 188 Å². The first-order chi connectivity index (χ1) is 15.6. The summed E-state index contributed by atoms with van der Waals surface area (Å²) in [4.78, 5) is 39.4. The third kappa shape index (κ3) is 5.10. The molecule has 2 fully saturated rings. The van der Waals surface area contributed by atoms with Crippen LogP contribution in [-0.4, -0.2) is 47.4 Å². The van der Waals surface area contributed by atoms with Crippen LogP contribution in [0.1, 0.15) is 37.7 Å². The van der Waals surface area contributed by atoms with E-state index in [1.165, 1.54) is 0 Å². The lowest BCUT2D eigenvalue weighted by Crippen LogP contribution is -2.50. The number of para-hydroxylation sites is 1. The van der Waals surface area contributed by atoms with E-state index in [1.54, 1.807) is 0 Å². The number of urea groups is 1. The van der Waals surface area contributed by atoms with Crippen molar-refractivity contribution in [2.24, 2.45) is 0 Å². The van der Waals surface area contributed by atoms with Gasteiger partial charge in [-0.2, -0.15) is 0 Å². The van der Waals surface area contributed by atoms with Crippen LogP contribution in [0.25, 0.3) is 0 Å². The molecule has 32 heavy (non-hydrogen) atoms. The average Bonchev–Trinajstić information content (AvgIpc) is 3.03. The molecule has 1 aliphatic heterocycles. The Kier molecular flexibility index (Phi) is 6.73. The molecule has 2 aromatic rings. The van der Waals surface area contributed by atoms with Crippen LogP contribution in [0.3, 0.4) is 0 Å². The summed E-state index contributed by atoms with van der Waals surface area (Å²) in [5.74, 6) is -0.600. The fourth-order valence-electron chi connectivity index (χ4n) is 4.60. The summed E-state index contributed by atoms with van der Waals surface area (Å²) in [6.07, 6.45) is 4.82. The average molecular weight is 435 g/mol. The minimum Gasteiger partial charge on any atom is -0.383 e. The number of benzene rings is 2. The van der Waals surface area contributed by atoms with Crippen LogP contribution in [0.15, 0.2) is 60.7 Å². The van der Waals surface area contributed by atoms with Gasteiger partial charge in [0.2, 0.25) is 5.91 Å². The molecule has 7 heteroatoms. The quantitative estimate of drug-likeness (QED) is 0.557. The Bertz CT molecular complexity index is 942. The van der Waals surface area contributed by atoms with Crippen molar-refractivity contribution in [2.45, 2.75) is 50.1 Å². The molecule has 0 radical (unpaired) electrons. The summed E-state index contributed by atoms with van der Waals surface area (Å²) < 4.78 is 0. The van der Waals surface area contributed by atoms with E-state index in [1.807, 2.05) is 60.7 Å². The van der Waals surface area contributed by atoms with Crippen molar-refractivity contribution in [1.82, 2.24) is 15.5 Å². The summed E-state index contributed by atoms with van der Waals surface area (Å²) in [6.45, 7) is 0.262. The van der Waals surface area contributed by atoms with Crippen molar-refractivity contribution in [3.63, 3.8) is 0 Å². The first kappa shape index (κ1) is 21.9. The van der Waals surface area contributed by atoms with Gasteiger partial charge in [0.1, 0.15) is 12.1 Å². The Morgan fingerprint density at radius 1 is 0.969 bits per heavy atom. The lowest BCUT2D eigenvalue weighted by molar-refractivity contribution is -0.136. The SMILES string of the molecule is O=C(CN1C(=O)NC2(CCCCC2)C1=O)N[C@H](CNc1ccccc1)Cc1ccccc1. The van der Waals surface area contributed by atoms with Gasteiger partial charge in [-0.3, -0.25) is 14.5 Å². The normalized spacial score (nSPS) is 18.3. The number of imide groups is 1. The van der Waals surface area contributed by atoms with Crippen LogP contribution in [-0.2, 0) is 16.0 Å². The summed E-state index contributed by atoms with van der Waals surface area (Å²) in [5, 5.41) is 9.23. The molecule has 0 aromatic heterocycles. The highest BCUT2D eigenvalue weighted by Crippen LogP contribution is 2.33. The van der Waals surface area contributed by atoms with Gasteiger partial charge in [-0.15, -0.1) is 0 Å². The van der Waals surface area contributed by atoms with Crippen molar-refractivity contribution < 1.29 is 14.4 Å². The van der Waals surface area contributed by atoms with E-state index in [4.69, 9.17) is 0 Å². The Morgan fingerprint density at radius 2 is 1.62 bits per heavy atom. The standard InChI is InChI=1S/C25H30N4O3/c30-22(18-29-23(31)25(28-24(29)32)14-8-3-9-15-25)27-21(16-19-10-4-1-5-11-19)17-26-20-12-6-2-7-13-20/h1-2,4-7,10-13,21,26H,3,8-9,14-18H2,(H,27,30)(H,28,32)/t21-/m0/s1. The minimum absolute atomic E-state index is 0.200. The van der Waals surface area contributed by atoms with E-state index in [9.17, 15) is 14.4 Å². The number of hydrogen-bond donors (Lipinski definition) is 3. The van der Waals surface area contributed by atoms with Gasteiger partial charge in [0.05, 0.1) is 6.04 Å². The molecule has 7 nitrogen and oxygen atoms in total. The van der Waals surface area contributed by atoms with Gasteiger partial charge >= 0.3 is 6.03 Å². The Balaban J connectivity index is 1.39. The lowest BCUT2D eigenvalue weighted by atomic mass is 9.82. The molecule has 4 amide bonds. The predicted octanol–water partition coefficient (Wildman–Crippen LogP) is 3.08. The van der Waals surface area contributed by atoms with Crippen LogP contribution in [0, 0.1) is 0 Å². The van der Waals surface area contributed by atoms with Gasteiger partial charge in [0.15, 0.2) is 0 Å². The molecule has 2 aliphatic rings. The second-order valence-electron chi connectivity index (χ2n) is 8.67. The molecule has 0 bridgehead atoms. The van der Waals surface area contributed by atoms with Crippen LogP contribution < -0.4 is 16.0 Å². The molecule has 1 aliphatic carbocycles. The van der Waals surface area contributed by atoms with Crippen molar-refractivity contribution in [1.29, 1.82) is 0 Å². The van der Waals surface area contributed by atoms with Gasteiger partial charge in [0.25, 0.3) is 5.91 Å². The maximum Gasteiger partial charge on any atom is 0.325 e. The fraction of sp³-hybridized carbons (Fsp3) is 0.400. The molecule has 1 atom stereocenters. The first-order valence-corrected chi connectivity index (χ1v) is 11.3. The van der Waals surface area contributed by atoms with E-state index >= 15 is 0 Å². The van der Waals surface area contributed by atoms with Gasteiger partial charge in [-0.1, -0.05) is 67.8 Å². The molecular formula is C25H30N4O3. The van der Waals surface area contributed by atoms with E-state index in [0.29, 0.717) is 25.8 Å². The molecule has 168 valence electrons. The topological polar surface area (TPSA) is 90.5 Å². The third-order valence-electron chi connectivity index (χ3n) is 6.27. The summed E-state index contributed by atoms with van der Waals surface area (Å²) in [5.41, 5.74) is 1.26. The molecule has 2 aromatic carbocycles. The maximum absolute atomic E-state index is 13.0.